The normalized spacial score (nSPS) is 12.2. The molecule has 0 spiro atoms. The van der Waals surface area contributed by atoms with Gasteiger partial charge in [-0.15, -0.1) is 0 Å². The Bertz CT molecular complexity index is 138. The fourth-order valence-corrected chi connectivity index (χ4v) is 0.556. The number of carbonyl (C=O) groups excluding carboxylic acids is 1. The van der Waals surface area contributed by atoms with Gasteiger partial charge in [0, 0.05) is 5.54 Å². The number of hydrogen-bond acceptors (Lipinski definition) is 2. The first-order valence-electron chi connectivity index (χ1n) is 4.10. The first kappa shape index (κ1) is 10.6. The molecule has 0 bridgehead atoms. The van der Waals surface area contributed by atoms with E-state index in [2.05, 4.69) is 33.0 Å². The van der Waals surface area contributed by atoms with Crippen LogP contribution in [-0.4, -0.2) is 17.9 Å². The summed E-state index contributed by atoms with van der Waals surface area (Å²) in [5, 5.41) is 3.21. The average Bonchev–Trinajstić information content (AvgIpc) is 1.84. The van der Waals surface area contributed by atoms with E-state index in [1.807, 2.05) is 0 Å². The smallest absolute Gasteiger partial charge is 0.143 e. The fraction of sp³-hybridized carbons (Fsp3) is 0.889. The van der Waals surface area contributed by atoms with Crippen molar-refractivity contribution in [3.63, 3.8) is 0 Å². The molecule has 0 saturated heterocycles. The van der Waals surface area contributed by atoms with Gasteiger partial charge in [-0.1, -0.05) is 13.8 Å². The van der Waals surface area contributed by atoms with Crippen LogP contribution in [0.15, 0.2) is 0 Å². The third kappa shape index (κ3) is 4.14. The molecule has 0 unspecified atom stereocenters. The van der Waals surface area contributed by atoms with Gasteiger partial charge in [0.05, 0.1) is 6.54 Å². The van der Waals surface area contributed by atoms with Crippen molar-refractivity contribution in [3.8, 4) is 0 Å². The van der Waals surface area contributed by atoms with Gasteiger partial charge in [0.15, 0.2) is 0 Å². The number of hydrogen-bond donors (Lipinski definition) is 1. The second-order valence-corrected chi connectivity index (χ2v) is 3.93. The van der Waals surface area contributed by atoms with Crippen LogP contribution in [0.4, 0.5) is 0 Å². The quantitative estimate of drug-likeness (QED) is 0.671. The van der Waals surface area contributed by atoms with Crippen LogP contribution in [0.1, 0.15) is 34.6 Å². The van der Waals surface area contributed by atoms with Crippen molar-refractivity contribution in [2.24, 2.45) is 5.92 Å². The molecular formula is C9H19NO. The highest BCUT2D eigenvalue weighted by Crippen LogP contribution is 2.14. The Morgan fingerprint density at radius 3 is 2.18 bits per heavy atom. The molecule has 0 heterocycles. The Labute approximate surface area is 69.4 Å². The molecule has 66 valence electrons. The highest BCUT2D eigenvalue weighted by atomic mass is 16.1. The molecule has 0 aliphatic carbocycles. The van der Waals surface area contributed by atoms with Crippen LogP contribution in [-0.2, 0) is 4.79 Å². The molecule has 11 heavy (non-hydrogen) atoms. The SMILES string of the molecule is CC(=O)CNC(C)(C)C(C)C. The van der Waals surface area contributed by atoms with Crippen LogP contribution in [0.2, 0.25) is 0 Å². The molecule has 0 aliphatic heterocycles. The van der Waals surface area contributed by atoms with Crippen LogP contribution < -0.4 is 5.32 Å². The zero-order chi connectivity index (χ0) is 9.07. The highest BCUT2D eigenvalue weighted by molar-refractivity contribution is 5.77. The first-order valence-corrected chi connectivity index (χ1v) is 4.10. The zero-order valence-corrected chi connectivity index (χ0v) is 8.19. The Balaban J connectivity index is 3.82. The monoisotopic (exact) mass is 157 g/mol. The Morgan fingerprint density at radius 2 is 1.91 bits per heavy atom. The van der Waals surface area contributed by atoms with Crippen LogP contribution in [0.3, 0.4) is 0 Å². The predicted molar refractivity (Wildman–Crippen MR) is 47.6 cm³/mol. The standard InChI is InChI=1S/C9H19NO/c1-7(2)9(4,5)10-6-8(3)11/h7,10H,6H2,1-5H3. The molecule has 0 amide bonds. The molecule has 0 aromatic carbocycles. The second kappa shape index (κ2) is 3.86. The minimum absolute atomic E-state index is 0.0612. The lowest BCUT2D eigenvalue weighted by Gasteiger charge is -2.30. The summed E-state index contributed by atoms with van der Waals surface area (Å²) in [5.74, 6) is 0.737. The van der Waals surface area contributed by atoms with Gasteiger partial charge < -0.3 is 5.32 Å². The molecule has 0 radical (unpaired) electrons. The van der Waals surface area contributed by atoms with Crippen molar-refractivity contribution in [1.29, 1.82) is 0 Å². The van der Waals surface area contributed by atoms with Crippen molar-refractivity contribution in [2.75, 3.05) is 6.54 Å². The van der Waals surface area contributed by atoms with E-state index >= 15 is 0 Å². The van der Waals surface area contributed by atoms with Crippen LogP contribution >= 0.6 is 0 Å². The molecular weight excluding hydrogens is 138 g/mol. The van der Waals surface area contributed by atoms with Crippen LogP contribution in [0.5, 0.6) is 0 Å². The maximum Gasteiger partial charge on any atom is 0.143 e. The average molecular weight is 157 g/mol. The summed E-state index contributed by atoms with van der Waals surface area (Å²) >= 11 is 0. The lowest BCUT2D eigenvalue weighted by atomic mass is 9.91. The largest absolute Gasteiger partial charge is 0.305 e. The lowest BCUT2D eigenvalue weighted by molar-refractivity contribution is -0.116. The first-order chi connectivity index (χ1) is 4.86. The maximum absolute atomic E-state index is 10.7. The number of Topliss-reactive ketones (excluding diaryl/α,β-unsaturated/α-hetero) is 1. The van der Waals surface area contributed by atoms with E-state index in [1.165, 1.54) is 0 Å². The van der Waals surface area contributed by atoms with Crippen molar-refractivity contribution in [2.45, 2.75) is 40.2 Å². The number of ketones is 1. The fourth-order valence-electron chi connectivity index (χ4n) is 0.556. The highest BCUT2D eigenvalue weighted by Gasteiger charge is 2.21. The van der Waals surface area contributed by atoms with E-state index in [9.17, 15) is 4.79 Å². The summed E-state index contributed by atoms with van der Waals surface area (Å²) in [7, 11) is 0. The van der Waals surface area contributed by atoms with E-state index in [0.29, 0.717) is 12.5 Å². The molecule has 0 saturated carbocycles. The van der Waals surface area contributed by atoms with E-state index in [4.69, 9.17) is 0 Å². The molecule has 0 rings (SSSR count). The summed E-state index contributed by atoms with van der Waals surface area (Å²) in [6.07, 6.45) is 0. The van der Waals surface area contributed by atoms with Crippen molar-refractivity contribution >= 4 is 5.78 Å². The third-order valence-electron chi connectivity index (χ3n) is 2.24. The van der Waals surface area contributed by atoms with Crippen LogP contribution in [0, 0.1) is 5.92 Å². The second-order valence-electron chi connectivity index (χ2n) is 3.93. The van der Waals surface area contributed by atoms with Crippen molar-refractivity contribution < 1.29 is 4.79 Å². The van der Waals surface area contributed by atoms with Crippen molar-refractivity contribution in [1.82, 2.24) is 5.32 Å². The minimum atomic E-state index is 0.0612. The van der Waals surface area contributed by atoms with Gasteiger partial charge in [-0.2, -0.15) is 0 Å². The summed E-state index contributed by atoms with van der Waals surface area (Å²) < 4.78 is 0. The number of carbonyl (C=O) groups is 1. The molecule has 0 atom stereocenters. The molecule has 2 nitrogen and oxygen atoms in total. The van der Waals surface area contributed by atoms with E-state index < -0.39 is 0 Å². The Morgan fingerprint density at radius 1 is 1.45 bits per heavy atom. The minimum Gasteiger partial charge on any atom is -0.305 e. The van der Waals surface area contributed by atoms with Gasteiger partial charge in [0.1, 0.15) is 5.78 Å². The third-order valence-corrected chi connectivity index (χ3v) is 2.24. The van der Waals surface area contributed by atoms with Gasteiger partial charge in [0.25, 0.3) is 0 Å². The summed E-state index contributed by atoms with van der Waals surface area (Å²) in [6.45, 7) is 10.6. The molecule has 0 aromatic rings. The molecule has 0 fully saturated rings. The van der Waals surface area contributed by atoms with E-state index in [1.54, 1.807) is 6.92 Å². The predicted octanol–water partition coefficient (Wildman–Crippen LogP) is 1.60. The Hall–Kier alpha value is -0.370. The van der Waals surface area contributed by atoms with Gasteiger partial charge in [-0.25, -0.2) is 0 Å². The molecule has 2 heteroatoms. The summed E-state index contributed by atoms with van der Waals surface area (Å²) in [4.78, 5) is 10.7. The maximum atomic E-state index is 10.7. The topological polar surface area (TPSA) is 29.1 Å². The van der Waals surface area contributed by atoms with Gasteiger partial charge in [0.2, 0.25) is 0 Å². The lowest BCUT2D eigenvalue weighted by Crippen LogP contribution is -2.45. The molecule has 1 N–H and O–H groups in total. The van der Waals surface area contributed by atoms with Gasteiger partial charge in [-0.05, 0) is 26.7 Å². The van der Waals surface area contributed by atoms with E-state index in [-0.39, 0.29) is 11.3 Å². The number of rotatable bonds is 4. The van der Waals surface area contributed by atoms with Gasteiger partial charge in [-0.3, -0.25) is 4.79 Å². The number of nitrogens with one attached hydrogen (secondary N) is 1. The zero-order valence-electron chi connectivity index (χ0n) is 8.19. The Kier molecular flexibility index (Phi) is 3.73. The van der Waals surface area contributed by atoms with E-state index in [0.717, 1.165) is 0 Å². The summed E-state index contributed by atoms with van der Waals surface area (Å²) in [5.41, 5.74) is 0.0612. The molecule has 0 aromatic heterocycles. The van der Waals surface area contributed by atoms with Gasteiger partial charge >= 0.3 is 0 Å². The van der Waals surface area contributed by atoms with Crippen LogP contribution in [0.25, 0.3) is 0 Å². The summed E-state index contributed by atoms with van der Waals surface area (Å²) in [6, 6.07) is 0. The van der Waals surface area contributed by atoms with Crippen molar-refractivity contribution in [3.05, 3.63) is 0 Å². The molecule has 0 aliphatic rings.